The maximum Gasteiger partial charge on any atom is 0.138 e. The minimum atomic E-state index is 0.389. The van der Waals surface area contributed by atoms with Crippen molar-refractivity contribution in [1.82, 2.24) is 0 Å². The van der Waals surface area contributed by atoms with E-state index in [4.69, 9.17) is 21.6 Å². The van der Waals surface area contributed by atoms with Gasteiger partial charge in [0.25, 0.3) is 0 Å². The number of fused-ring (bicyclic) bond motifs is 1. The normalized spacial score (nSPS) is 16.9. The molecule has 106 valence electrons. The van der Waals surface area contributed by atoms with Gasteiger partial charge in [-0.15, -0.1) is 0 Å². The van der Waals surface area contributed by atoms with Crippen LogP contribution in [0.2, 0.25) is 5.02 Å². The van der Waals surface area contributed by atoms with Gasteiger partial charge in [-0.2, -0.15) is 5.26 Å². The molecular formula is C18H16ClNO. The van der Waals surface area contributed by atoms with Gasteiger partial charge in [-0.1, -0.05) is 35.9 Å². The van der Waals surface area contributed by atoms with E-state index in [1.807, 2.05) is 0 Å². The second-order valence-electron chi connectivity index (χ2n) is 5.35. The molecule has 2 aromatic carbocycles. The van der Waals surface area contributed by atoms with Crippen LogP contribution in [0.3, 0.4) is 0 Å². The van der Waals surface area contributed by atoms with Crippen LogP contribution in [-0.2, 0) is 6.42 Å². The van der Waals surface area contributed by atoms with Gasteiger partial charge in [-0.25, -0.2) is 0 Å². The SMILES string of the molecule is N#Cc1ccc(Cl)cc1OCC1CCCc2ccccc21. The zero-order valence-electron chi connectivity index (χ0n) is 11.7. The zero-order valence-corrected chi connectivity index (χ0v) is 12.4. The quantitative estimate of drug-likeness (QED) is 0.822. The Bertz CT molecular complexity index is 690. The first-order valence-corrected chi connectivity index (χ1v) is 7.56. The molecule has 0 saturated carbocycles. The van der Waals surface area contributed by atoms with Crippen LogP contribution in [0.1, 0.15) is 35.4 Å². The molecule has 3 rings (SSSR count). The molecule has 0 amide bonds. The van der Waals surface area contributed by atoms with Gasteiger partial charge >= 0.3 is 0 Å². The van der Waals surface area contributed by atoms with E-state index in [-0.39, 0.29) is 0 Å². The molecule has 2 aromatic rings. The molecule has 21 heavy (non-hydrogen) atoms. The number of hydrogen-bond acceptors (Lipinski definition) is 2. The second-order valence-corrected chi connectivity index (χ2v) is 5.79. The molecule has 3 heteroatoms. The summed E-state index contributed by atoms with van der Waals surface area (Å²) in [6.07, 6.45) is 3.46. The van der Waals surface area contributed by atoms with E-state index >= 15 is 0 Å². The molecule has 0 spiro atoms. The third-order valence-corrected chi connectivity index (χ3v) is 4.23. The van der Waals surface area contributed by atoms with E-state index in [1.165, 1.54) is 17.5 Å². The first-order valence-electron chi connectivity index (χ1n) is 7.18. The van der Waals surface area contributed by atoms with Gasteiger partial charge in [0, 0.05) is 17.0 Å². The summed E-state index contributed by atoms with van der Waals surface area (Å²) < 4.78 is 5.90. The first kappa shape index (κ1) is 14.0. The summed E-state index contributed by atoms with van der Waals surface area (Å²) >= 11 is 5.99. The van der Waals surface area contributed by atoms with Crippen LogP contribution in [0.25, 0.3) is 0 Å². The molecule has 0 aliphatic heterocycles. The van der Waals surface area contributed by atoms with E-state index in [1.54, 1.807) is 18.2 Å². The maximum absolute atomic E-state index is 9.13. The topological polar surface area (TPSA) is 33.0 Å². The highest BCUT2D eigenvalue weighted by molar-refractivity contribution is 6.30. The predicted octanol–water partition coefficient (Wildman–Crippen LogP) is 4.71. The lowest BCUT2D eigenvalue weighted by Gasteiger charge is -2.25. The molecule has 2 nitrogen and oxygen atoms in total. The molecule has 0 heterocycles. The summed E-state index contributed by atoms with van der Waals surface area (Å²) in [6.45, 7) is 0.589. The smallest absolute Gasteiger partial charge is 0.138 e. The number of halogens is 1. The van der Waals surface area contributed by atoms with Crippen molar-refractivity contribution in [3.05, 3.63) is 64.2 Å². The van der Waals surface area contributed by atoms with E-state index in [2.05, 4.69) is 30.3 Å². The predicted molar refractivity (Wildman–Crippen MR) is 83.8 cm³/mol. The van der Waals surface area contributed by atoms with Crippen LogP contribution < -0.4 is 4.74 Å². The molecule has 1 aliphatic rings. The molecule has 1 aliphatic carbocycles. The number of hydrogen-bond donors (Lipinski definition) is 0. The Morgan fingerprint density at radius 2 is 2.10 bits per heavy atom. The highest BCUT2D eigenvalue weighted by Crippen LogP contribution is 2.32. The van der Waals surface area contributed by atoms with Gasteiger partial charge < -0.3 is 4.74 Å². The third-order valence-electron chi connectivity index (χ3n) is 4.00. The van der Waals surface area contributed by atoms with Crippen LogP contribution in [0.5, 0.6) is 5.75 Å². The molecule has 0 radical (unpaired) electrons. The van der Waals surface area contributed by atoms with Crippen molar-refractivity contribution in [2.45, 2.75) is 25.2 Å². The van der Waals surface area contributed by atoms with Gasteiger partial charge in [0.05, 0.1) is 12.2 Å². The first-order chi connectivity index (χ1) is 10.3. The van der Waals surface area contributed by atoms with Crippen LogP contribution >= 0.6 is 11.6 Å². The largest absolute Gasteiger partial charge is 0.492 e. The lowest BCUT2D eigenvalue weighted by molar-refractivity contribution is 0.274. The summed E-state index contributed by atoms with van der Waals surface area (Å²) in [4.78, 5) is 0. The van der Waals surface area contributed by atoms with Crippen LogP contribution in [0.4, 0.5) is 0 Å². The number of nitriles is 1. The molecule has 1 unspecified atom stereocenters. The molecular weight excluding hydrogens is 282 g/mol. The number of ether oxygens (including phenoxy) is 1. The average molecular weight is 298 g/mol. The standard InChI is InChI=1S/C18H16ClNO/c19-16-9-8-14(11-20)18(10-16)21-12-15-6-3-5-13-4-1-2-7-17(13)15/h1-2,4,7-10,15H,3,5-6,12H2. The minimum Gasteiger partial charge on any atom is -0.492 e. The molecule has 0 aromatic heterocycles. The van der Waals surface area contributed by atoms with Crippen LogP contribution in [-0.4, -0.2) is 6.61 Å². The average Bonchev–Trinajstić information content (AvgIpc) is 2.53. The van der Waals surface area contributed by atoms with Gasteiger partial charge in [-0.3, -0.25) is 0 Å². The summed E-state index contributed by atoms with van der Waals surface area (Å²) in [6, 6.07) is 15.8. The monoisotopic (exact) mass is 297 g/mol. The Balaban J connectivity index is 1.78. The summed E-state index contributed by atoms with van der Waals surface area (Å²) in [5.41, 5.74) is 3.33. The van der Waals surface area contributed by atoms with Gasteiger partial charge in [0.15, 0.2) is 0 Å². The Kier molecular flexibility index (Phi) is 4.13. The number of nitrogens with zero attached hydrogens (tertiary/aromatic N) is 1. The molecule has 0 bridgehead atoms. The van der Waals surface area contributed by atoms with Crippen molar-refractivity contribution >= 4 is 11.6 Å². The number of rotatable bonds is 3. The van der Waals surface area contributed by atoms with Crippen molar-refractivity contribution in [3.8, 4) is 11.8 Å². The fourth-order valence-electron chi connectivity index (χ4n) is 2.93. The lowest BCUT2D eigenvalue weighted by atomic mass is 9.83. The highest BCUT2D eigenvalue weighted by atomic mass is 35.5. The molecule has 0 N–H and O–H groups in total. The number of aryl methyl sites for hydroxylation is 1. The van der Waals surface area contributed by atoms with Crippen molar-refractivity contribution in [2.24, 2.45) is 0 Å². The Hall–Kier alpha value is -1.98. The minimum absolute atomic E-state index is 0.389. The van der Waals surface area contributed by atoms with Gasteiger partial charge in [-0.05, 0) is 42.5 Å². The van der Waals surface area contributed by atoms with Crippen molar-refractivity contribution < 1.29 is 4.74 Å². The highest BCUT2D eigenvalue weighted by Gasteiger charge is 2.20. The summed E-state index contributed by atoms with van der Waals surface area (Å²) in [5, 5.41) is 9.72. The second kappa shape index (κ2) is 6.20. The Labute approximate surface area is 129 Å². The van der Waals surface area contributed by atoms with E-state index in [0.717, 1.165) is 12.8 Å². The van der Waals surface area contributed by atoms with Crippen molar-refractivity contribution in [2.75, 3.05) is 6.61 Å². The molecule has 0 fully saturated rings. The summed E-state index contributed by atoms with van der Waals surface area (Å²) in [5.74, 6) is 0.966. The van der Waals surface area contributed by atoms with Crippen molar-refractivity contribution in [3.63, 3.8) is 0 Å². The Morgan fingerprint density at radius 3 is 2.95 bits per heavy atom. The van der Waals surface area contributed by atoms with E-state index < -0.39 is 0 Å². The van der Waals surface area contributed by atoms with Crippen LogP contribution in [0.15, 0.2) is 42.5 Å². The van der Waals surface area contributed by atoms with Crippen molar-refractivity contribution in [1.29, 1.82) is 5.26 Å². The number of benzene rings is 2. The van der Waals surface area contributed by atoms with Crippen LogP contribution in [0, 0.1) is 11.3 Å². The molecule has 1 atom stereocenters. The van der Waals surface area contributed by atoms with E-state index in [0.29, 0.717) is 28.9 Å². The van der Waals surface area contributed by atoms with E-state index in [9.17, 15) is 0 Å². The fraction of sp³-hybridized carbons (Fsp3) is 0.278. The summed E-state index contributed by atoms with van der Waals surface area (Å²) in [7, 11) is 0. The molecule has 0 saturated heterocycles. The lowest BCUT2D eigenvalue weighted by Crippen LogP contribution is -2.16. The third kappa shape index (κ3) is 3.04. The fourth-order valence-corrected chi connectivity index (χ4v) is 3.09. The maximum atomic E-state index is 9.13. The van der Waals surface area contributed by atoms with Gasteiger partial charge in [0.1, 0.15) is 11.8 Å². The Morgan fingerprint density at radius 1 is 1.24 bits per heavy atom. The zero-order chi connectivity index (χ0) is 14.7. The van der Waals surface area contributed by atoms with Gasteiger partial charge in [0.2, 0.25) is 0 Å².